The van der Waals surface area contributed by atoms with E-state index in [1.807, 2.05) is 0 Å². The lowest BCUT2D eigenvalue weighted by atomic mass is 10.0. The molecule has 0 aliphatic carbocycles. The smallest absolute Gasteiger partial charge is 0.371 e. The number of aromatic carboxylic acids is 1. The van der Waals surface area contributed by atoms with Gasteiger partial charge in [-0.15, -0.1) is 0 Å². The monoisotopic (exact) mass is 253 g/mol. The zero-order chi connectivity index (χ0) is 13.0. The Kier molecular flexibility index (Phi) is 4.38. The number of ether oxygens (including phenoxy) is 1. The van der Waals surface area contributed by atoms with Gasteiger partial charge in [0.2, 0.25) is 5.76 Å². The van der Waals surface area contributed by atoms with Crippen LogP contribution in [0.5, 0.6) is 0 Å². The molecule has 0 bridgehead atoms. The molecule has 0 amide bonds. The van der Waals surface area contributed by atoms with E-state index in [4.69, 9.17) is 14.3 Å². The molecule has 0 saturated carbocycles. The minimum atomic E-state index is -1.02. The van der Waals surface area contributed by atoms with Crippen LogP contribution in [0.15, 0.2) is 10.5 Å². The third-order valence-corrected chi connectivity index (χ3v) is 3.32. The summed E-state index contributed by atoms with van der Waals surface area (Å²) in [6, 6.07) is 1.59. The second-order valence-electron chi connectivity index (χ2n) is 4.68. The molecule has 1 fully saturated rings. The number of aryl methyl sites for hydroxylation is 1. The number of hydrogen-bond acceptors (Lipinski definition) is 4. The molecule has 0 atom stereocenters. The van der Waals surface area contributed by atoms with Crippen molar-refractivity contribution in [3.63, 3.8) is 0 Å². The molecule has 0 radical (unpaired) electrons. The van der Waals surface area contributed by atoms with Gasteiger partial charge in [-0.1, -0.05) is 0 Å². The molecule has 5 nitrogen and oxygen atoms in total. The fourth-order valence-electron chi connectivity index (χ4n) is 2.16. The van der Waals surface area contributed by atoms with E-state index in [9.17, 15) is 4.79 Å². The lowest BCUT2D eigenvalue weighted by Gasteiger charge is -2.22. The van der Waals surface area contributed by atoms with Gasteiger partial charge in [-0.25, -0.2) is 4.79 Å². The molecule has 2 heterocycles. The van der Waals surface area contributed by atoms with Crippen LogP contribution < -0.4 is 5.32 Å². The first-order valence-corrected chi connectivity index (χ1v) is 6.28. The molecule has 1 saturated heterocycles. The Labute approximate surface area is 106 Å². The zero-order valence-corrected chi connectivity index (χ0v) is 10.6. The summed E-state index contributed by atoms with van der Waals surface area (Å²) in [6.45, 7) is 5.08. The van der Waals surface area contributed by atoms with Gasteiger partial charge in [0.05, 0.1) is 0 Å². The van der Waals surface area contributed by atoms with Gasteiger partial charge >= 0.3 is 5.97 Å². The fraction of sp³-hybridized carbons (Fsp3) is 0.615. The van der Waals surface area contributed by atoms with Gasteiger partial charge in [-0.2, -0.15) is 0 Å². The summed E-state index contributed by atoms with van der Waals surface area (Å²) in [5.41, 5.74) is 0.916. The highest BCUT2D eigenvalue weighted by Gasteiger charge is 2.15. The normalized spacial score (nSPS) is 16.9. The predicted octanol–water partition coefficient (Wildman–Crippen LogP) is 1.80. The Morgan fingerprint density at radius 1 is 1.50 bits per heavy atom. The predicted molar refractivity (Wildman–Crippen MR) is 65.7 cm³/mol. The quantitative estimate of drug-likeness (QED) is 0.837. The van der Waals surface area contributed by atoms with Crippen LogP contribution in [-0.2, 0) is 11.3 Å². The molecule has 5 heteroatoms. The van der Waals surface area contributed by atoms with E-state index in [1.54, 1.807) is 13.0 Å². The number of carbonyl (C=O) groups is 1. The molecular weight excluding hydrogens is 234 g/mol. The first kappa shape index (κ1) is 13.1. The van der Waals surface area contributed by atoms with Crippen molar-refractivity contribution in [2.24, 2.45) is 5.92 Å². The average molecular weight is 253 g/mol. The highest BCUT2D eigenvalue weighted by molar-refractivity contribution is 5.84. The first-order chi connectivity index (χ1) is 8.66. The maximum Gasteiger partial charge on any atom is 0.371 e. The number of carboxylic acid groups (broad SMARTS) is 1. The molecular formula is C13H19NO4. The maximum atomic E-state index is 10.8. The third-order valence-electron chi connectivity index (χ3n) is 3.32. The Balaban J connectivity index is 1.80. The van der Waals surface area contributed by atoms with Gasteiger partial charge in [0.15, 0.2) is 0 Å². The molecule has 1 aliphatic rings. The molecule has 0 spiro atoms. The topological polar surface area (TPSA) is 71.7 Å². The lowest BCUT2D eigenvalue weighted by molar-refractivity contribution is 0.0659. The lowest BCUT2D eigenvalue weighted by Crippen LogP contribution is -2.27. The summed E-state index contributed by atoms with van der Waals surface area (Å²) in [7, 11) is 0. The van der Waals surface area contributed by atoms with Crippen LogP contribution in [0.1, 0.15) is 34.7 Å². The summed E-state index contributed by atoms with van der Waals surface area (Å²) < 4.78 is 10.5. The molecule has 100 valence electrons. The van der Waals surface area contributed by atoms with E-state index >= 15 is 0 Å². The summed E-state index contributed by atoms with van der Waals surface area (Å²) >= 11 is 0. The summed E-state index contributed by atoms with van der Waals surface area (Å²) in [5, 5.41) is 12.2. The number of carboxylic acids is 1. The highest BCUT2D eigenvalue weighted by Crippen LogP contribution is 2.16. The van der Waals surface area contributed by atoms with E-state index in [0.717, 1.165) is 38.2 Å². The van der Waals surface area contributed by atoms with E-state index in [1.165, 1.54) is 0 Å². The molecule has 18 heavy (non-hydrogen) atoms. The molecule has 1 aromatic rings. The van der Waals surface area contributed by atoms with Crippen LogP contribution in [0.2, 0.25) is 0 Å². The van der Waals surface area contributed by atoms with Crippen LogP contribution >= 0.6 is 0 Å². The average Bonchev–Trinajstić information content (AvgIpc) is 2.73. The van der Waals surface area contributed by atoms with Crippen LogP contribution in [-0.4, -0.2) is 30.8 Å². The molecule has 0 unspecified atom stereocenters. The van der Waals surface area contributed by atoms with Crippen LogP contribution in [0, 0.1) is 12.8 Å². The second kappa shape index (κ2) is 6.02. The van der Waals surface area contributed by atoms with Crippen molar-refractivity contribution in [1.82, 2.24) is 5.32 Å². The second-order valence-corrected chi connectivity index (χ2v) is 4.68. The molecule has 2 rings (SSSR count). The minimum absolute atomic E-state index is 0.00960. The number of rotatable bonds is 5. The SMILES string of the molecule is Cc1oc(C(=O)O)cc1CNCC1CCOCC1. The molecule has 2 N–H and O–H groups in total. The van der Waals surface area contributed by atoms with Crippen molar-refractivity contribution in [2.75, 3.05) is 19.8 Å². The van der Waals surface area contributed by atoms with Gasteiger partial charge in [0, 0.05) is 25.3 Å². The highest BCUT2D eigenvalue weighted by atomic mass is 16.5. The van der Waals surface area contributed by atoms with E-state index in [-0.39, 0.29) is 5.76 Å². The Bertz CT molecular complexity index is 407. The minimum Gasteiger partial charge on any atom is -0.475 e. The van der Waals surface area contributed by atoms with Gasteiger partial charge in [-0.3, -0.25) is 0 Å². The van der Waals surface area contributed by atoms with Gasteiger partial charge in [-0.05, 0) is 38.3 Å². The van der Waals surface area contributed by atoms with Crippen molar-refractivity contribution in [3.05, 3.63) is 23.2 Å². The van der Waals surface area contributed by atoms with Crippen molar-refractivity contribution < 1.29 is 19.1 Å². The number of nitrogens with one attached hydrogen (secondary N) is 1. The maximum absolute atomic E-state index is 10.8. The third kappa shape index (κ3) is 3.34. The first-order valence-electron chi connectivity index (χ1n) is 6.28. The fourth-order valence-corrected chi connectivity index (χ4v) is 2.16. The Hall–Kier alpha value is -1.33. The van der Waals surface area contributed by atoms with Crippen LogP contribution in [0.25, 0.3) is 0 Å². The number of furan rings is 1. The molecule has 1 aliphatic heterocycles. The summed E-state index contributed by atoms with van der Waals surface area (Å²) in [5.74, 6) is 0.320. The Morgan fingerprint density at radius 3 is 2.83 bits per heavy atom. The molecule has 0 aromatic carbocycles. The van der Waals surface area contributed by atoms with Crippen LogP contribution in [0.3, 0.4) is 0 Å². The zero-order valence-electron chi connectivity index (χ0n) is 10.6. The van der Waals surface area contributed by atoms with Gasteiger partial charge < -0.3 is 19.6 Å². The number of hydrogen-bond donors (Lipinski definition) is 2. The standard InChI is InChI=1S/C13H19NO4/c1-9-11(6-12(18-9)13(15)16)8-14-7-10-2-4-17-5-3-10/h6,10,14H,2-5,7-8H2,1H3,(H,15,16). The summed E-state index contributed by atoms with van der Waals surface area (Å²) in [4.78, 5) is 10.8. The van der Waals surface area contributed by atoms with Gasteiger partial charge in [0.25, 0.3) is 0 Å². The van der Waals surface area contributed by atoms with E-state index < -0.39 is 5.97 Å². The van der Waals surface area contributed by atoms with Crippen LogP contribution in [0.4, 0.5) is 0 Å². The van der Waals surface area contributed by atoms with E-state index in [2.05, 4.69) is 5.32 Å². The van der Waals surface area contributed by atoms with Gasteiger partial charge in [0.1, 0.15) is 5.76 Å². The van der Waals surface area contributed by atoms with E-state index in [0.29, 0.717) is 18.2 Å². The Morgan fingerprint density at radius 2 is 2.22 bits per heavy atom. The van der Waals surface area contributed by atoms with Crippen molar-refractivity contribution in [1.29, 1.82) is 0 Å². The largest absolute Gasteiger partial charge is 0.475 e. The van der Waals surface area contributed by atoms with Crippen molar-refractivity contribution in [3.8, 4) is 0 Å². The van der Waals surface area contributed by atoms with Crippen molar-refractivity contribution >= 4 is 5.97 Å². The summed E-state index contributed by atoms with van der Waals surface area (Å²) in [6.07, 6.45) is 2.19. The molecule has 1 aromatic heterocycles. The van der Waals surface area contributed by atoms with Crippen molar-refractivity contribution in [2.45, 2.75) is 26.3 Å².